The van der Waals surface area contributed by atoms with Crippen molar-refractivity contribution in [2.75, 3.05) is 6.61 Å². The first-order valence-corrected chi connectivity index (χ1v) is 5.40. The summed E-state index contributed by atoms with van der Waals surface area (Å²) < 4.78 is 18.1. The highest BCUT2D eigenvalue weighted by molar-refractivity contribution is 5.55. The molecule has 0 amide bonds. The van der Waals surface area contributed by atoms with Crippen LogP contribution in [0.1, 0.15) is 17.9 Å². The number of aliphatic hydroxyl groups excluding tert-OH is 1. The second-order valence-corrected chi connectivity index (χ2v) is 3.80. The summed E-state index contributed by atoms with van der Waals surface area (Å²) in [5.74, 6) is 0.676. The van der Waals surface area contributed by atoms with E-state index in [0.717, 1.165) is 5.56 Å². The molecule has 5 heteroatoms. The maximum Gasteiger partial charge on any atom is 0.227 e. The van der Waals surface area contributed by atoms with E-state index in [1.165, 1.54) is 6.07 Å². The molecule has 0 aliphatic rings. The minimum Gasteiger partial charge on any atom is -0.396 e. The molecule has 17 heavy (non-hydrogen) atoms. The zero-order chi connectivity index (χ0) is 12.3. The maximum absolute atomic E-state index is 13.1. The Morgan fingerprint density at radius 2 is 2.24 bits per heavy atom. The molecule has 0 bridgehead atoms. The molecule has 0 fully saturated rings. The van der Waals surface area contributed by atoms with Crippen molar-refractivity contribution in [1.82, 2.24) is 10.1 Å². The summed E-state index contributed by atoms with van der Waals surface area (Å²) in [5.41, 5.74) is 1.27. The van der Waals surface area contributed by atoms with Crippen LogP contribution in [0, 0.1) is 12.7 Å². The van der Waals surface area contributed by atoms with Crippen LogP contribution in [-0.4, -0.2) is 21.9 Å². The third-order valence-corrected chi connectivity index (χ3v) is 2.43. The molecule has 90 valence electrons. The van der Waals surface area contributed by atoms with Crippen LogP contribution in [0.2, 0.25) is 0 Å². The Balaban J connectivity index is 2.21. The molecule has 0 aliphatic heterocycles. The van der Waals surface area contributed by atoms with Crippen molar-refractivity contribution < 1.29 is 14.0 Å². The van der Waals surface area contributed by atoms with Crippen LogP contribution in [0.4, 0.5) is 4.39 Å². The third kappa shape index (κ3) is 2.68. The van der Waals surface area contributed by atoms with E-state index in [2.05, 4.69) is 10.1 Å². The lowest BCUT2D eigenvalue weighted by atomic mass is 10.1. The van der Waals surface area contributed by atoms with Gasteiger partial charge in [-0.15, -0.1) is 0 Å². The SMILES string of the molecule is Cc1cc(-c2noc(CCCO)n2)ccc1F. The van der Waals surface area contributed by atoms with Crippen LogP contribution in [0.3, 0.4) is 0 Å². The normalized spacial score (nSPS) is 10.8. The molecule has 2 aromatic rings. The molecule has 1 aromatic carbocycles. The van der Waals surface area contributed by atoms with Crippen molar-refractivity contribution in [2.45, 2.75) is 19.8 Å². The van der Waals surface area contributed by atoms with E-state index in [-0.39, 0.29) is 12.4 Å². The summed E-state index contributed by atoms with van der Waals surface area (Å²) in [6, 6.07) is 4.67. The lowest BCUT2D eigenvalue weighted by Gasteiger charge is -1.97. The highest BCUT2D eigenvalue weighted by Crippen LogP contribution is 2.19. The van der Waals surface area contributed by atoms with Crippen molar-refractivity contribution in [3.63, 3.8) is 0 Å². The number of benzene rings is 1. The van der Waals surface area contributed by atoms with E-state index >= 15 is 0 Å². The Bertz CT molecular complexity index is 511. The highest BCUT2D eigenvalue weighted by Gasteiger charge is 2.09. The summed E-state index contributed by atoms with van der Waals surface area (Å²) in [7, 11) is 0. The first kappa shape index (κ1) is 11.7. The minimum absolute atomic E-state index is 0.0906. The van der Waals surface area contributed by atoms with Gasteiger partial charge in [0, 0.05) is 18.6 Å². The van der Waals surface area contributed by atoms with Crippen molar-refractivity contribution in [1.29, 1.82) is 0 Å². The number of rotatable bonds is 4. The Hall–Kier alpha value is -1.75. The molecule has 1 N–H and O–H groups in total. The van der Waals surface area contributed by atoms with Gasteiger partial charge in [-0.3, -0.25) is 0 Å². The second-order valence-electron chi connectivity index (χ2n) is 3.80. The predicted molar refractivity (Wildman–Crippen MR) is 59.8 cm³/mol. The van der Waals surface area contributed by atoms with E-state index in [9.17, 15) is 4.39 Å². The van der Waals surface area contributed by atoms with Gasteiger partial charge in [0.2, 0.25) is 11.7 Å². The van der Waals surface area contributed by atoms with Gasteiger partial charge in [0.15, 0.2) is 0 Å². The second kappa shape index (κ2) is 5.05. The van der Waals surface area contributed by atoms with E-state index < -0.39 is 0 Å². The summed E-state index contributed by atoms with van der Waals surface area (Å²) >= 11 is 0. The molecule has 0 radical (unpaired) electrons. The molecule has 2 rings (SSSR count). The number of aryl methyl sites for hydroxylation is 2. The van der Waals surface area contributed by atoms with Crippen LogP contribution in [0.15, 0.2) is 22.7 Å². The largest absolute Gasteiger partial charge is 0.396 e. The maximum atomic E-state index is 13.1. The molecule has 0 saturated heterocycles. The van der Waals surface area contributed by atoms with Crippen molar-refractivity contribution >= 4 is 0 Å². The molecular formula is C12H13FN2O2. The molecule has 0 unspecified atom stereocenters. The van der Waals surface area contributed by atoms with Gasteiger partial charge in [0.1, 0.15) is 5.82 Å². The van der Waals surface area contributed by atoms with E-state index in [4.69, 9.17) is 9.63 Å². The summed E-state index contributed by atoms with van der Waals surface area (Å²) in [4.78, 5) is 4.18. The Labute approximate surface area is 98.1 Å². The number of nitrogens with zero attached hydrogens (tertiary/aromatic N) is 2. The van der Waals surface area contributed by atoms with Gasteiger partial charge in [0.05, 0.1) is 0 Å². The summed E-state index contributed by atoms with van der Waals surface area (Å²) in [6.07, 6.45) is 1.13. The Morgan fingerprint density at radius 3 is 2.94 bits per heavy atom. The monoisotopic (exact) mass is 236 g/mol. The van der Waals surface area contributed by atoms with E-state index in [1.807, 2.05) is 0 Å². The number of hydrogen-bond acceptors (Lipinski definition) is 4. The van der Waals surface area contributed by atoms with Crippen LogP contribution in [0.5, 0.6) is 0 Å². The topological polar surface area (TPSA) is 59.2 Å². The van der Waals surface area contributed by atoms with E-state index in [1.54, 1.807) is 19.1 Å². The number of halogens is 1. The smallest absolute Gasteiger partial charge is 0.227 e. The molecule has 1 aromatic heterocycles. The summed E-state index contributed by atoms with van der Waals surface area (Å²) in [6.45, 7) is 1.78. The van der Waals surface area contributed by atoms with Crippen LogP contribution < -0.4 is 0 Å². The average molecular weight is 236 g/mol. The van der Waals surface area contributed by atoms with Crippen molar-refractivity contribution in [3.05, 3.63) is 35.5 Å². The quantitative estimate of drug-likeness (QED) is 0.883. The van der Waals surface area contributed by atoms with Crippen molar-refractivity contribution in [3.8, 4) is 11.4 Å². The average Bonchev–Trinajstić information content (AvgIpc) is 2.79. The summed E-state index contributed by atoms with van der Waals surface area (Å²) in [5, 5.41) is 12.5. The number of aromatic nitrogens is 2. The van der Waals surface area contributed by atoms with Crippen molar-refractivity contribution in [2.24, 2.45) is 0 Å². The number of hydrogen-bond donors (Lipinski definition) is 1. The zero-order valence-electron chi connectivity index (χ0n) is 9.48. The fraction of sp³-hybridized carbons (Fsp3) is 0.333. The van der Waals surface area contributed by atoms with Gasteiger partial charge < -0.3 is 9.63 Å². The molecule has 1 heterocycles. The van der Waals surface area contributed by atoms with Gasteiger partial charge in [-0.2, -0.15) is 4.98 Å². The zero-order valence-corrected chi connectivity index (χ0v) is 9.48. The first-order valence-electron chi connectivity index (χ1n) is 5.40. The molecular weight excluding hydrogens is 223 g/mol. The lowest BCUT2D eigenvalue weighted by molar-refractivity contribution is 0.278. The fourth-order valence-electron chi connectivity index (χ4n) is 1.49. The first-order chi connectivity index (χ1) is 8.20. The standard InChI is InChI=1S/C12H13FN2O2/c1-8-7-9(4-5-10(8)13)12-14-11(17-15-12)3-2-6-16/h4-5,7,16H,2-3,6H2,1H3. The molecule has 0 atom stereocenters. The van der Waals surface area contributed by atoms with Crippen LogP contribution in [-0.2, 0) is 6.42 Å². The molecule has 0 saturated carbocycles. The highest BCUT2D eigenvalue weighted by atomic mass is 19.1. The van der Waals surface area contributed by atoms with Gasteiger partial charge >= 0.3 is 0 Å². The molecule has 0 spiro atoms. The Kier molecular flexibility index (Phi) is 3.49. The van der Waals surface area contributed by atoms with Gasteiger partial charge in [0.25, 0.3) is 0 Å². The van der Waals surface area contributed by atoms with E-state index in [0.29, 0.717) is 30.1 Å². The lowest BCUT2D eigenvalue weighted by Crippen LogP contribution is -1.90. The third-order valence-electron chi connectivity index (χ3n) is 2.43. The predicted octanol–water partition coefficient (Wildman–Crippen LogP) is 2.11. The van der Waals surface area contributed by atoms with Gasteiger partial charge in [-0.05, 0) is 37.1 Å². The number of aliphatic hydroxyl groups is 1. The van der Waals surface area contributed by atoms with Gasteiger partial charge in [-0.1, -0.05) is 5.16 Å². The molecule has 4 nitrogen and oxygen atoms in total. The van der Waals surface area contributed by atoms with Crippen LogP contribution in [0.25, 0.3) is 11.4 Å². The fourth-order valence-corrected chi connectivity index (χ4v) is 1.49. The Morgan fingerprint density at radius 1 is 1.41 bits per heavy atom. The molecule has 0 aliphatic carbocycles. The van der Waals surface area contributed by atoms with Gasteiger partial charge in [-0.25, -0.2) is 4.39 Å². The van der Waals surface area contributed by atoms with Crippen LogP contribution >= 0.6 is 0 Å². The minimum atomic E-state index is -0.252.